The molecular weight excluding hydrogens is 372 g/mol. The number of hydrogen-bond donors (Lipinski definition) is 2. The van der Waals surface area contributed by atoms with Gasteiger partial charge in [0, 0.05) is 18.1 Å². The number of carbonyl (C=O) groups excluding carboxylic acids is 1. The normalized spacial score (nSPS) is 20.8. The average molecular weight is 402 g/mol. The number of ether oxygens (including phenoxy) is 1. The van der Waals surface area contributed by atoms with E-state index in [0.29, 0.717) is 30.5 Å². The van der Waals surface area contributed by atoms with E-state index in [9.17, 15) is 19.8 Å². The third-order valence-electron chi connectivity index (χ3n) is 5.57. The molecule has 1 aliphatic heterocycles. The zero-order chi connectivity index (χ0) is 21.4. The molecule has 2 aromatic rings. The number of amides is 1. The first-order valence-corrected chi connectivity index (χ1v) is 10.1. The van der Waals surface area contributed by atoms with Crippen molar-refractivity contribution >= 4 is 23.1 Å². The SMILES string of the molecule is CCCC1(C(O)c2ccc3c(ccn3C(=O)O)c2)CCCN1C(=O)OC(C)(C)C. The fraction of sp³-hybridized carbons (Fsp3) is 0.545. The zero-order valence-corrected chi connectivity index (χ0v) is 17.5. The third kappa shape index (κ3) is 3.96. The van der Waals surface area contributed by atoms with Crippen molar-refractivity contribution in [1.29, 1.82) is 0 Å². The van der Waals surface area contributed by atoms with Crippen LogP contribution in [0.25, 0.3) is 10.9 Å². The van der Waals surface area contributed by atoms with Gasteiger partial charge in [0.2, 0.25) is 0 Å². The average Bonchev–Trinajstić information content (AvgIpc) is 3.24. The van der Waals surface area contributed by atoms with Gasteiger partial charge in [-0.2, -0.15) is 0 Å². The third-order valence-corrected chi connectivity index (χ3v) is 5.57. The number of carbonyl (C=O) groups is 2. The van der Waals surface area contributed by atoms with Crippen LogP contribution in [0.15, 0.2) is 30.5 Å². The molecule has 1 saturated heterocycles. The number of benzene rings is 1. The van der Waals surface area contributed by atoms with E-state index in [0.717, 1.165) is 22.8 Å². The smallest absolute Gasteiger partial charge is 0.415 e. The van der Waals surface area contributed by atoms with Crippen molar-refractivity contribution in [3.05, 3.63) is 36.0 Å². The maximum absolute atomic E-state index is 12.9. The summed E-state index contributed by atoms with van der Waals surface area (Å²) in [6, 6.07) is 6.97. The van der Waals surface area contributed by atoms with E-state index in [1.807, 2.05) is 33.8 Å². The maximum atomic E-state index is 12.9. The van der Waals surface area contributed by atoms with Crippen LogP contribution >= 0.6 is 0 Å². The molecule has 7 nitrogen and oxygen atoms in total. The van der Waals surface area contributed by atoms with Crippen LogP contribution < -0.4 is 0 Å². The largest absolute Gasteiger partial charge is 0.464 e. The van der Waals surface area contributed by atoms with Crippen molar-refractivity contribution in [3.63, 3.8) is 0 Å². The van der Waals surface area contributed by atoms with Crippen LogP contribution in [0, 0.1) is 0 Å². The number of aromatic nitrogens is 1. The highest BCUT2D eigenvalue weighted by atomic mass is 16.6. The van der Waals surface area contributed by atoms with Gasteiger partial charge in [-0.15, -0.1) is 0 Å². The predicted molar refractivity (Wildman–Crippen MR) is 110 cm³/mol. The summed E-state index contributed by atoms with van der Waals surface area (Å²) < 4.78 is 6.77. The molecule has 1 fully saturated rings. The lowest BCUT2D eigenvalue weighted by Crippen LogP contribution is -2.52. The monoisotopic (exact) mass is 402 g/mol. The highest BCUT2D eigenvalue weighted by Crippen LogP contribution is 2.44. The first-order chi connectivity index (χ1) is 13.6. The number of carboxylic acid groups (broad SMARTS) is 1. The second-order valence-electron chi connectivity index (χ2n) is 8.78. The minimum Gasteiger partial charge on any atom is -0.464 e. The molecule has 2 N–H and O–H groups in total. The molecule has 1 aliphatic rings. The van der Waals surface area contributed by atoms with Gasteiger partial charge in [-0.25, -0.2) is 9.59 Å². The number of nitrogens with zero attached hydrogens (tertiary/aromatic N) is 2. The molecule has 2 heterocycles. The minimum absolute atomic E-state index is 0.402. The first-order valence-electron chi connectivity index (χ1n) is 10.1. The summed E-state index contributed by atoms with van der Waals surface area (Å²) in [5.41, 5.74) is -0.112. The van der Waals surface area contributed by atoms with Gasteiger partial charge in [-0.3, -0.25) is 9.47 Å². The number of likely N-dealkylation sites (tertiary alicyclic amines) is 1. The lowest BCUT2D eigenvalue weighted by Gasteiger charge is -2.42. The van der Waals surface area contributed by atoms with Crippen LogP contribution in [0.1, 0.15) is 65.0 Å². The number of aliphatic hydroxyl groups excluding tert-OH is 1. The Balaban J connectivity index is 1.98. The van der Waals surface area contributed by atoms with Gasteiger partial charge in [0.25, 0.3) is 0 Å². The molecule has 0 bridgehead atoms. The van der Waals surface area contributed by atoms with E-state index in [-0.39, 0.29) is 0 Å². The molecule has 0 aliphatic carbocycles. The lowest BCUT2D eigenvalue weighted by atomic mass is 9.81. The molecule has 1 aromatic heterocycles. The predicted octanol–water partition coefficient (Wildman–Crippen LogP) is 4.77. The minimum atomic E-state index is -1.05. The highest BCUT2D eigenvalue weighted by Gasteiger charge is 2.50. The quantitative estimate of drug-likeness (QED) is 0.768. The summed E-state index contributed by atoms with van der Waals surface area (Å²) in [4.78, 5) is 25.9. The van der Waals surface area contributed by atoms with Gasteiger partial charge in [0.05, 0.1) is 11.1 Å². The van der Waals surface area contributed by atoms with E-state index in [2.05, 4.69) is 0 Å². The molecule has 1 amide bonds. The molecule has 3 rings (SSSR count). The fourth-order valence-electron chi connectivity index (χ4n) is 4.41. The van der Waals surface area contributed by atoms with Crippen molar-refractivity contribution in [2.45, 2.75) is 70.6 Å². The first kappa shape index (κ1) is 21.2. The molecular formula is C22H30N2O5. The molecule has 7 heteroatoms. The van der Waals surface area contributed by atoms with Crippen LogP contribution in [-0.4, -0.2) is 49.6 Å². The number of aliphatic hydroxyl groups is 1. The van der Waals surface area contributed by atoms with Crippen LogP contribution in [0.5, 0.6) is 0 Å². The molecule has 29 heavy (non-hydrogen) atoms. The lowest BCUT2D eigenvalue weighted by molar-refractivity contribution is -0.0376. The summed E-state index contributed by atoms with van der Waals surface area (Å²) in [5, 5.41) is 21.4. The van der Waals surface area contributed by atoms with Gasteiger partial charge < -0.3 is 14.9 Å². The molecule has 0 spiro atoms. The Bertz CT molecular complexity index is 914. The second kappa shape index (κ2) is 7.71. The second-order valence-corrected chi connectivity index (χ2v) is 8.78. The van der Waals surface area contributed by atoms with Crippen molar-refractivity contribution in [1.82, 2.24) is 9.47 Å². The Kier molecular flexibility index (Phi) is 5.63. The molecule has 158 valence electrons. The molecule has 2 unspecified atom stereocenters. The van der Waals surface area contributed by atoms with Crippen LogP contribution in [0.2, 0.25) is 0 Å². The summed E-state index contributed by atoms with van der Waals surface area (Å²) in [5.74, 6) is 0. The van der Waals surface area contributed by atoms with Crippen LogP contribution in [0.3, 0.4) is 0 Å². The number of hydrogen-bond acceptors (Lipinski definition) is 4. The molecule has 1 aromatic carbocycles. The summed E-state index contributed by atoms with van der Waals surface area (Å²) in [6.07, 6.45) is 2.10. The van der Waals surface area contributed by atoms with Crippen LogP contribution in [-0.2, 0) is 4.74 Å². The van der Waals surface area contributed by atoms with Gasteiger partial charge in [-0.1, -0.05) is 19.4 Å². The topological polar surface area (TPSA) is 92.0 Å². The zero-order valence-electron chi connectivity index (χ0n) is 17.5. The Hall–Kier alpha value is -2.54. The van der Waals surface area contributed by atoms with Gasteiger partial charge in [-0.05, 0) is 63.8 Å². The Morgan fingerprint density at radius 2 is 2.00 bits per heavy atom. The molecule has 0 saturated carbocycles. The number of rotatable bonds is 4. The summed E-state index contributed by atoms with van der Waals surface area (Å²) >= 11 is 0. The highest BCUT2D eigenvalue weighted by molar-refractivity contribution is 5.89. The summed E-state index contributed by atoms with van der Waals surface area (Å²) in [6.45, 7) is 8.08. The Morgan fingerprint density at radius 3 is 2.62 bits per heavy atom. The Morgan fingerprint density at radius 1 is 1.28 bits per heavy atom. The molecule has 2 atom stereocenters. The number of fused-ring (bicyclic) bond motifs is 1. The van der Waals surface area contributed by atoms with E-state index in [1.54, 1.807) is 23.1 Å². The van der Waals surface area contributed by atoms with Crippen molar-refractivity contribution in [2.24, 2.45) is 0 Å². The van der Waals surface area contributed by atoms with E-state index >= 15 is 0 Å². The van der Waals surface area contributed by atoms with E-state index in [4.69, 9.17) is 4.74 Å². The van der Waals surface area contributed by atoms with Crippen molar-refractivity contribution in [2.75, 3.05) is 6.54 Å². The van der Waals surface area contributed by atoms with Crippen LogP contribution in [0.4, 0.5) is 9.59 Å². The fourth-order valence-corrected chi connectivity index (χ4v) is 4.41. The summed E-state index contributed by atoms with van der Waals surface area (Å²) in [7, 11) is 0. The van der Waals surface area contributed by atoms with Crippen molar-refractivity contribution in [3.8, 4) is 0 Å². The van der Waals surface area contributed by atoms with E-state index in [1.165, 1.54) is 6.20 Å². The van der Waals surface area contributed by atoms with Gasteiger partial charge >= 0.3 is 12.2 Å². The van der Waals surface area contributed by atoms with E-state index < -0.39 is 29.4 Å². The van der Waals surface area contributed by atoms with Gasteiger partial charge in [0.1, 0.15) is 11.7 Å². The molecule has 0 radical (unpaired) electrons. The standard InChI is InChI=1S/C22H30N2O5/c1-5-10-22(11-6-12-24(22)20(28)29-21(2,3)4)18(25)16-7-8-17-15(14-16)9-13-23(17)19(26)27/h7-9,13-14,18,25H,5-6,10-12H2,1-4H3,(H,26,27). The van der Waals surface area contributed by atoms with Crippen molar-refractivity contribution < 1.29 is 24.5 Å². The maximum Gasteiger partial charge on any atom is 0.415 e. The Labute approximate surface area is 170 Å². The van der Waals surface area contributed by atoms with Gasteiger partial charge in [0.15, 0.2) is 0 Å².